The SMILES string of the molecule is COC(=O)C1(c2ccccc2)CCN(C(=O)Cc2ccsc2)CC1. The second-order valence-corrected chi connectivity index (χ2v) is 6.91. The zero-order valence-corrected chi connectivity index (χ0v) is 14.6. The first-order valence-electron chi connectivity index (χ1n) is 8.08. The van der Waals surface area contributed by atoms with E-state index in [1.807, 2.05) is 52.1 Å². The van der Waals surface area contributed by atoms with Gasteiger partial charge in [0.1, 0.15) is 0 Å². The molecule has 24 heavy (non-hydrogen) atoms. The molecular weight excluding hydrogens is 322 g/mol. The predicted octanol–water partition coefficient (Wildman–Crippen LogP) is 3.02. The van der Waals surface area contributed by atoms with E-state index in [0.717, 1.165) is 11.1 Å². The van der Waals surface area contributed by atoms with Crippen LogP contribution in [0.5, 0.6) is 0 Å². The molecule has 1 aliphatic rings. The second-order valence-electron chi connectivity index (χ2n) is 6.13. The Labute approximate surface area is 146 Å². The molecule has 0 N–H and O–H groups in total. The highest BCUT2D eigenvalue weighted by atomic mass is 32.1. The van der Waals surface area contributed by atoms with Gasteiger partial charge in [-0.15, -0.1) is 0 Å². The Balaban J connectivity index is 1.73. The minimum Gasteiger partial charge on any atom is -0.468 e. The molecule has 1 amide bonds. The van der Waals surface area contributed by atoms with E-state index < -0.39 is 5.41 Å². The van der Waals surface area contributed by atoms with Gasteiger partial charge in [0.25, 0.3) is 0 Å². The number of nitrogens with zero attached hydrogens (tertiary/aromatic N) is 1. The number of esters is 1. The molecule has 1 aromatic carbocycles. The Morgan fingerprint density at radius 1 is 1.17 bits per heavy atom. The lowest BCUT2D eigenvalue weighted by Gasteiger charge is -2.40. The van der Waals surface area contributed by atoms with E-state index >= 15 is 0 Å². The molecule has 0 bridgehead atoms. The first-order valence-corrected chi connectivity index (χ1v) is 9.03. The number of methoxy groups -OCH3 is 1. The first-order chi connectivity index (χ1) is 11.7. The molecule has 5 heteroatoms. The van der Waals surface area contributed by atoms with Crippen molar-refractivity contribution < 1.29 is 14.3 Å². The number of piperidine rings is 1. The maximum atomic E-state index is 12.5. The largest absolute Gasteiger partial charge is 0.468 e. The van der Waals surface area contributed by atoms with Crippen LogP contribution >= 0.6 is 11.3 Å². The summed E-state index contributed by atoms with van der Waals surface area (Å²) in [4.78, 5) is 26.8. The number of ether oxygens (including phenoxy) is 1. The van der Waals surface area contributed by atoms with Crippen LogP contribution < -0.4 is 0 Å². The standard InChI is InChI=1S/C19H21NO3S/c1-23-18(22)19(16-5-3-2-4-6-16)8-10-20(11-9-19)17(21)13-15-7-12-24-14-15/h2-7,12,14H,8-11,13H2,1H3. The molecular formula is C19H21NO3S. The highest BCUT2D eigenvalue weighted by molar-refractivity contribution is 7.08. The molecule has 0 unspecified atom stereocenters. The van der Waals surface area contributed by atoms with Gasteiger partial charge >= 0.3 is 5.97 Å². The van der Waals surface area contributed by atoms with Gasteiger partial charge in [-0.25, -0.2) is 0 Å². The summed E-state index contributed by atoms with van der Waals surface area (Å²) in [6.07, 6.45) is 1.62. The van der Waals surface area contributed by atoms with E-state index in [2.05, 4.69) is 0 Å². The van der Waals surface area contributed by atoms with Gasteiger partial charge in [-0.2, -0.15) is 11.3 Å². The van der Waals surface area contributed by atoms with E-state index in [0.29, 0.717) is 32.4 Å². The van der Waals surface area contributed by atoms with Crippen molar-refractivity contribution in [2.24, 2.45) is 0 Å². The van der Waals surface area contributed by atoms with Crippen LogP contribution in [0.25, 0.3) is 0 Å². The van der Waals surface area contributed by atoms with Crippen molar-refractivity contribution in [3.63, 3.8) is 0 Å². The number of thiophene rings is 1. The van der Waals surface area contributed by atoms with Gasteiger partial charge in [-0.3, -0.25) is 9.59 Å². The number of hydrogen-bond acceptors (Lipinski definition) is 4. The van der Waals surface area contributed by atoms with Crippen molar-refractivity contribution in [2.75, 3.05) is 20.2 Å². The van der Waals surface area contributed by atoms with Crippen molar-refractivity contribution >= 4 is 23.2 Å². The van der Waals surface area contributed by atoms with Gasteiger partial charge in [0, 0.05) is 13.1 Å². The maximum absolute atomic E-state index is 12.5. The number of likely N-dealkylation sites (tertiary alicyclic amines) is 1. The monoisotopic (exact) mass is 343 g/mol. The number of hydrogen-bond donors (Lipinski definition) is 0. The fourth-order valence-corrected chi connectivity index (χ4v) is 4.05. The topological polar surface area (TPSA) is 46.6 Å². The zero-order chi connectivity index (χ0) is 17.0. The third kappa shape index (κ3) is 3.22. The van der Waals surface area contributed by atoms with Crippen LogP contribution in [0.15, 0.2) is 47.2 Å². The summed E-state index contributed by atoms with van der Waals surface area (Å²) in [7, 11) is 1.43. The third-order valence-electron chi connectivity index (χ3n) is 4.81. The van der Waals surface area contributed by atoms with E-state index in [1.165, 1.54) is 7.11 Å². The van der Waals surface area contributed by atoms with Gasteiger partial charge in [-0.1, -0.05) is 30.3 Å². The van der Waals surface area contributed by atoms with Crippen LogP contribution in [0.3, 0.4) is 0 Å². The maximum Gasteiger partial charge on any atom is 0.316 e. The molecule has 126 valence electrons. The summed E-state index contributed by atoms with van der Waals surface area (Å²) in [6, 6.07) is 11.7. The Morgan fingerprint density at radius 3 is 2.46 bits per heavy atom. The molecule has 1 aromatic heterocycles. The molecule has 1 saturated heterocycles. The summed E-state index contributed by atoms with van der Waals surface area (Å²) < 4.78 is 5.09. The Hall–Kier alpha value is -2.14. The Morgan fingerprint density at radius 2 is 1.88 bits per heavy atom. The predicted molar refractivity (Wildman–Crippen MR) is 94.0 cm³/mol. The molecule has 0 spiro atoms. The number of carbonyl (C=O) groups excluding carboxylic acids is 2. The lowest BCUT2D eigenvalue weighted by Crippen LogP contribution is -2.49. The van der Waals surface area contributed by atoms with Gasteiger partial charge in [-0.05, 0) is 40.8 Å². The van der Waals surface area contributed by atoms with E-state index in [-0.39, 0.29) is 11.9 Å². The van der Waals surface area contributed by atoms with Crippen LogP contribution in [0.2, 0.25) is 0 Å². The fourth-order valence-electron chi connectivity index (χ4n) is 3.38. The average Bonchev–Trinajstić information content (AvgIpc) is 3.14. The van der Waals surface area contributed by atoms with Crippen molar-refractivity contribution in [3.8, 4) is 0 Å². The number of carbonyl (C=O) groups is 2. The lowest BCUT2D eigenvalue weighted by molar-refractivity contribution is -0.151. The van der Waals surface area contributed by atoms with Crippen LogP contribution in [-0.4, -0.2) is 37.0 Å². The molecule has 0 aliphatic carbocycles. The lowest BCUT2D eigenvalue weighted by atomic mass is 9.72. The molecule has 2 heterocycles. The summed E-state index contributed by atoms with van der Waals surface area (Å²) in [5.74, 6) is -0.0847. The number of amides is 1. The van der Waals surface area contributed by atoms with Crippen LogP contribution in [0.1, 0.15) is 24.0 Å². The van der Waals surface area contributed by atoms with Gasteiger partial charge < -0.3 is 9.64 Å². The molecule has 0 atom stereocenters. The van der Waals surface area contributed by atoms with Crippen LogP contribution in [-0.2, 0) is 26.2 Å². The summed E-state index contributed by atoms with van der Waals surface area (Å²) in [5, 5.41) is 3.99. The summed E-state index contributed by atoms with van der Waals surface area (Å²) in [5.41, 5.74) is 1.38. The first kappa shape index (κ1) is 16.7. The normalized spacial score (nSPS) is 16.6. The highest BCUT2D eigenvalue weighted by Gasteiger charge is 2.44. The Bertz CT molecular complexity index is 689. The quantitative estimate of drug-likeness (QED) is 0.802. The molecule has 1 aliphatic heterocycles. The van der Waals surface area contributed by atoms with E-state index in [4.69, 9.17) is 4.74 Å². The molecule has 0 radical (unpaired) electrons. The molecule has 1 fully saturated rings. The minimum absolute atomic E-state index is 0.125. The van der Waals surface area contributed by atoms with Crippen molar-refractivity contribution in [3.05, 3.63) is 58.3 Å². The fraction of sp³-hybridized carbons (Fsp3) is 0.368. The molecule has 2 aromatic rings. The van der Waals surface area contributed by atoms with Crippen LogP contribution in [0, 0.1) is 0 Å². The van der Waals surface area contributed by atoms with Gasteiger partial charge in [0.15, 0.2) is 0 Å². The van der Waals surface area contributed by atoms with Gasteiger partial charge in [0.05, 0.1) is 18.9 Å². The van der Waals surface area contributed by atoms with Crippen molar-refractivity contribution in [1.29, 1.82) is 0 Å². The minimum atomic E-state index is -0.644. The smallest absolute Gasteiger partial charge is 0.316 e. The van der Waals surface area contributed by atoms with Gasteiger partial charge in [0.2, 0.25) is 5.91 Å². The van der Waals surface area contributed by atoms with Crippen LogP contribution in [0.4, 0.5) is 0 Å². The summed E-state index contributed by atoms with van der Waals surface area (Å²) in [6.45, 7) is 1.15. The number of rotatable bonds is 4. The molecule has 0 saturated carbocycles. The highest BCUT2D eigenvalue weighted by Crippen LogP contribution is 2.37. The second kappa shape index (κ2) is 7.18. The third-order valence-corrected chi connectivity index (χ3v) is 5.54. The summed E-state index contributed by atoms with van der Waals surface area (Å²) >= 11 is 1.60. The molecule has 3 rings (SSSR count). The number of benzene rings is 1. The Kier molecular flexibility index (Phi) is 5.00. The van der Waals surface area contributed by atoms with Crippen molar-refractivity contribution in [1.82, 2.24) is 4.90 Å². The zero-order valence-electron chi connectivity index (χ0n) is 13.7. The van der Waals surface area contributed by atoms with Crippen molar-refractivity contribution in [2.45, 2.75) is 24.7 Å². The molecule has 4 nitrogen and oxygen atoms in total. The van der Waals surface area contributed by atoms with E-state index in [1.54, 1.807) is 11.3 Å². The van der Waals surface area contributed by atoms with E-state index in [9.17, 15) is 9.59 Å². The average molecular weight is 343 g/mol.